The van der Waals surface area contributed by atoms with E-state index < -0.39 is 0 Å². The van der Waals surface area contributed by atoms with Crippen LogP contribution in [-0.4, -0.2) is 39.3 Å². The highest BCUT2D eigenvalue weighted by Gasteiger charge is 2.15. The smallest absolute Gasteiger partial charge is 0.193 e. The maximum Gasteiger partial charge on any atom is 0.193 e. The van der Waals surface area contributed by atoms with Crippen LogP contribution >= 0.6 is 95.6 Å². The molecule has 2 aromatic rings. The minimum absolute atomic E-state index is 0.0721. The Morgan fingerprint density at radius 3 is 1.50 bits per heavy atom. The van der Waals surface area contributed by atoms with Gasteiger partial charge in [-0.05, 0) is 68.3 Å². The van der Waals surface area contributed by atoms with Crippen molar-refractivity contribution in [1.82, 2.24) is 0 Å². The average Bonchev–Trinajstić information content (AvgIpc) is 2.70. The first-order valence-electron chi connectivity index (χ1n) is 8.15. The van der Waals surface area contributed by atoms with Gasteiger partial charge in [-0.1, -0.05) is 63.7 Å². The van der Waals surface area contributed by atoms with Crippen molar-refractivity contribution in [3.8, 4) is 11.5 Å². The van der Waals surface area contributed by atoms with Crippen LogP contribution in [0.25, 0.3) is 0 Å². The standard InChI is InChI=1S/C19H16Br6O3/c20-7-13(22)9-27-17-3-1-11(5-15(17)24)19(26)12-2-4-18(16(25)6-12)28-10-14(23)8-21/h1-6,13-14H,7-10H2. The number of ether oxygens (including phenoxy) is 2. The molecule has 0 radical (unpaired) electrons. The number of hydrogen-bond acceptors (Lipinski definition) is 3. The van der Waals surface area contributed by atoms with Crippen LogP contribution in [0.15, 0.2) is 45.3 Å². The molecule has 0 fully saturated rings. The predicted molar refractivity (Wildman–Crippen MR) is 136 cm³/mol. The van der Waals surface area contributed by atoms with E-state index in [2.05, 4.69) is 95.6 Å². The van der Waals surface area contributed by atoms with Crippen molar-refractivity contribution < 1.29 is 14.3 Å². The summed E-state index contributed by atoms with van der Waals surface area (Å²) in [4.78, 5) is 13.3. The molecule has 152 valence electrons. The maximum absolute atomic E-state index is 12.8. The van der Waals surface area contributed by atoms with Crippen molar-refractivity contribution in [2.45, 2.75) is 9.65 Å². The lowest BCUT2D eigenvalue weighted by molar-refractivity contribution is 0.103. The lowest BCUT2D eigenvalue weighted by atomic mass is 10.0. The summed E-state index contributed by atoms with van der Waals surface area (Å²) in [5, 5.41) is 1.59. The van der Waals surface area contributed by atoms with Gasteiger partial charge in [0, 0.05) is 21.8 Å². The average molecular weight is 772 g/mol. The summed E-state index contributed by atoms with van der Waals surface area (Å²) in [7, 11) is 0. The molecule has 2 atom stereocenters. The highest BCUT2D eigenvalue weighted by atomic mass is 79.9. The number of ketones is 1. The van der Waals surface area contributed by atoms with Gasteiger partial charge in [0.1, 0.15) is 24.7 Å². The molecular weight excluding hydrogens is 756 g/mol. The largest absolute Gasteiger partial charge is 0.491 e. The molecule has 2 aromatic carbocycles. The Morgan fingerprint density at radius 2 is 1.18 bits per heavy atom. The number of halogens is 6. The second-order valence-corrected chi connectivity index (χ2v) is 11.3. The number of carbonyl (C=O) groups excluding carboxylic acids is 1. The summed E-state index contributed by atoms with van der Waals surface area (Å²) >= 11 is 20.8. The Labute approximate surface area is 215 Å². The van der Waals surface area contributed by atoms with E-state index in [1.807, 2.05) is 0 Å². The molecule has 0 aliphatic heterocycles. The third kappa shape index (κ3) is 7.38. The fourth-order valence-corrected chi connectivity index (χ4v) is 3.76. The van der Waals surface area contributed by atoms with Gasteiger partial charge in [0.15, 0.2) is 5.78 Å². The summed E-state index contributed by atoms with van der Waals surface area (Å²) < 4.78 is 13.0. The molecule has 28 heavy (non-hydrogen) atoms. The van der Waals surface area contributed by atoms with E-state index in [-0.39, 0.29) is 15.4 Å². The van der Waals surface area contributed by atoms with Crippen LogP contribution in [0.1, 0.15) is 15.9 Å². The van der Waals surface area contributed by atoms with Crippen molar-refractivity contribution >= 4 is 101 Å². The fourth-order valence-electron chi connectivity index (χ4n) is 2.13. The molecule has 3 nitrogen and oxygen atoms in total. The van der Waals surface area contributed by atoms with Gasteiger partial charge in [-0.25, -0.2) is 0 Å². The molecule has 2 rings (SSSR count). The van der Waals surface area contributed by atoms with E-state index >= 15 is 0 Å². The SMILES string of the molecule is O=C(c1ccc(OCC(Br)CBr)c(Br)c1)c1ccc(OCC(Br)CBr)c(Br)c1. The van der Waals surface area contributed by atoms with E-state index in [1.54, 1.807) is 36.4 Å². The van der Waals surface area contributed by atoms with Crippen molar-refractivity contribution in [2.24, 2.45) is 0 Å². The molecule has 0 saturated carbocycles. The minimum Gasteiger partial charge on any atom is -0.491 e. The highest BCUT2D eigenvalue weighted by molar-refractivity contribution is 9.12. The zero-order valence-corrected chi connectivity index (χ0v) is 24.0. The van der Waals surface area contributed by atoms with Crippen LogP contribution in [0.5, 0.6) is 11.5 Å². The lowest BCUT2D eigenvalue weighted by Crippen LogP contribution is -2.13. The Bertz CT molecular complexity index is 749. The van der Waals surface area contributed by atoms with E-state index in [4.69, 9.17) is 9.47 Å². The van der Waals surface area contributed by atoms with Crippen LogP contribution in [0.4, 0.5) is 0 Å². The molecule has 0 aliphatic carbocycles. The minimum atomic E-state index is -0.0721. The normalized spacial score (nSPS) is 13.1. The fraction of sp³-hybridized carbons (Fsp3) is 0.316. The summed E-state index contributed by atoms with van der Waals surface area (Å²) in [6.07, 6.45) is 0. The van der Waals surface area contributed by atoms with Crippen LogP contribution in [-0.2, 0) is 0 Å². The third-order valence-corrected chi connectivity index (χ3v) is 9.28. The molecule has 0 bridgehead atoms. The zero-order valence-electron chi connectivity index (χ0n) is 14.4. The van der Waals surface area contributed by atoms with E-state index in [0.717, 1.165) is 19.6 Å². The molecule has 0 spiro atoms. The number of rotatable bonds is 10. The Hall–Kier alpha value is 0.590. The van der Waals surface area contributed by atoms with Crippen LogP contribution < -0.4 is 9.47 Å². The topological polar surface area (TPSA) is 35.5 Å². The van der Waals surface area contributed by atoms with Gasteiger partial charge in [-0.15, -0.1) is 0 Å². The van der Waals surface area contributed by atoms with Gasteiger partial charge < -0.3 is 9.47 Å². The number of hydrogen-bond donors (Lipinski definition) is 0. The molecule has 0 N–H and O–H groups in total. The quantitative estimate of drug-likeness (QED) is 0.185. The lowest BCUT2D eigenvalue weighted by Gasteiger charge is -2.13. The molecule has 0 saturated heterocycles. The van der Waals surface area contributed by atoms with Gasteiger partial charge >= 0.3 is 0 Å². The summed E-state index contributed by atoms with van der Waals surface area (Å²) in [5.74, 6) is 1.32. The Morgan fingerprint density at radius 1 is 0.786 bits per heavy atom. The first kappa shape index (κ1) is 24.9. The van der Waals surface area contributed by atoms with Gasteiger partial charge in [0.2, 0.25) is 0 Å². The van der Waals surface area contributed by atoms with Crippen LogP contribution in [0.2, 0.25) is 0 Å². The summed E-state index contributed by atoms with van der Waals surface area (Å²) in [6.45, 7) is 1.05. The molecule has 2 unspecified atom stereocenters. The maximum atomic E-state index is 12.8. The molecular formula is C19H16Br6O3. The second kappa shape index (κ2) is 12.4. The third-order valence-electron chi connectivity index (χ3n) is 3.56. The van der Waals surface area contributed by atoms with Crippen molar-refractivity contribution in [3.63, 3.8) is 0 Å². The number of benzene rings is 2. The van der Waals surface area contributed by atoms with Gasteiger partial charge in [0.25, 0.3) is 0 Å². The highest BCUT2D eigenvalue weighted by Crippen LogP contribution is 2.30. The molecule has 0 aromatic heterocycles. The van der Waals surface area contributed by atoms with Crippen molar-refractivity contribution in [3.05, 3.63) is 56.5 Å². The second-order valence-electron chi connectivity index (χ2n) is 5.74. The van der Waals surface area contributed by atoms with Crippen LogP contribution in [0, 0.1) is 0 Å². The Kier molecular flexibility index (Phi) is 11.0. The van der Waals surface area contributed by atoms with Crippen molar-refractivity contribution in [2.75, 3.05) is 23.9 Å². The summed E-state index contributed by atoms with van der Waals surface area (Å²) in [5.41, 5.74) is 1.16. The monoisotopic (exact) mass is 766 g/mol. The van der Waals surface area contributed by atoms with E-state index in [9.17, 15) is 4.79 Å². The van der Waals surface area contributed by atoms with Gasteiger partial charge in [-0.3, -0.25) is 4.79 Å². The van der Waals surface area contributed by atoms with Gasteiger partial charge in [0.05, 0.1) is 18.6 Å². The summed E-state index contributed by atoms with van der Waals surface area (Å²) in [6, 6.07) is 10.7. The number of carbonyl (C=O) groups is 1. The van der Waals surface area contributed by atoms with E-state index in [1.165, 1.54) is 0 Å². The molecule has 0 amide bonds. The first-order chi connectivity index (χ1) is 13.3. The van der Waals surface area contributed by atoms with Crippen LogP contribution in [0.3, 0.4) is 0 Å². The zero-order chi connectivity index (χ0) is 20.7. The number of alkyl halides is 4. The first-order valence-corrected chi connectivity index (χ1v) is 13.8. The van der Waals surface area contributed by atoms with E-state index in [0.29, 0.717) is 35.8 Å². The molecule has 0 aliphatic rings. The van der Waals surface area contributed by atoms with Crippen molar-refractivity contribution in [1.29, 1.82) is 0 Å². The predicted octanol–water partition coefficient (Wildman–Crippen LogP) is 7.52. The molecule has 0 heterocycles. The Balaban J connectivity index is 2.10. The van der Waals surface area contributed by atoms with Gasteiger partial charge in [-0.2, -0.15) is 0 Å². The molecule has 9 heteroatoms.